The maximum atomic E-state index is 13.7. The number of benzene rings is 1. The van der Waals surface area contributed by atoms with E-state index >= 15 is 0 Å². The van der Waals surface area contributed by atoms with Crippen molar-refractivity contribution < 1.29 is 17.6 Å². The molecule has 106 valence electrons. The Balaban J connectivity index is 2.25. The number of carbonyl (C=O) groups excluding carboxylic acids is 1. The number of nitrogens with one attached hydrogen (secondary N) is 1. The second-order valence-electron chi connectivity index (χ2n) is 3.81. The zero-order chi connectivity index (χ0) is 14.9. The van der Waals surface area contributed by atoms with Gasteiger partial charge in [0.05, 0.1) is 16.8 Å². The molecule has 1 amide bonds. The summed E-state index contributed by atoms with van der Waals surface area (Å²) in [5.74, 6) is -1.59. The lowest BCUT2D eigenvalue weighted by molar-refractivity contribution is 0.102. The third-order valence-corrected chi connectivity index (χ3v) is 3.66. The van der Waals surface area contributed by atoms with Gasteiger partial charge in [-0.15, -0.1) is 5.10 Å². The van der Waals surface area contributed by atoms with Crippen LogP contribution >= 0.6 is 10.7 Å². The average molecular weight is 319 g/mol. The maximum absolute atomic E-state index is 13.7. The van der Waals surface area contributed by atoms with Crippen LogP contribution in [0.25, 0.3) is 0 Å². The summed E-state index contributed by atoms with van der Waals surface area (Å²) in [4.78, 5) is 11.3. The van der Waals surface area contributed by atoms with Crippen LogP contribution in [-0.2, 0) is 16.1 Å². The lowest BCUT2D eigenvalue weighted by atomic mass is 10.3. The third-order valence-electron chi connectivity index (χ3n) is 2.31. The van der Waals surface area contributed by atoms with Crippen LogP contribution in [-0.4, -0.2) is 29.3 Å². The van der Waals surface area contributed by atoms with Crippen molar-refractivity contribution in [1.82, 2.24) is 15.0 Å². The summed E-state index contributed by atoms with van der Waals surface area (Å²) in [6, 6.07) is 2.89. The predicted octanol–water partition coefficient (Wildman–Crippen LogP) is 1.13. The molecule has 2 aromatic rings. The molecule has 0 unspecified atom stereocenters. The zero-order valence-electron chi connectivity index (χ0n) is 10.0. The Morgan fingerprint density at radius 1 is 1.45 bits per heavy atom. The summed E-state index contributed by atoms with van der Waals surface area (Å²) in [7, 11) is 2.63. The highest BCUT2D eigenvalue weighted by atomic mass is 35.7. The number of anilines is 1. The van der Waals surface area contributed by atoms with E-state index in [2.05, 4.69) is 15.6 Å². The van der Waals surface area contributed by atoms with E-state index in [4.69, 9.17) is 10.7 Å². The Kier molecular flexibility index (Phi) is 3.73. The summed E-state index contributed by atoms with van der Waals surface area (Å²) in [6.07, 6.45) is 1.35. The van der Waals surface area contributed by atoms with Gasteiger partial charge in [0.1, 0.15) is 5.82 Å². The van der Waals surface area contributed by atoms with Gasteiger partial charge in [-0.3, -0.25) is 9.48 Å². The van der Waals surface area contributed by atoms with Crippen LogP contribution in [0, 0.1) is 5.82 Å². The Morgan fingerprint density at radius 3 is 2.65 bits per heavy atom. The van der Waals surface area contributed by atoms with Gasteiger partial charge in [0.15, 0.2) is 5.69 Å². The second kappa shape index (κ2) is 5.17. The van der Waals surface area contributed by atoms with Gasteiger partial charge >= 0.3 is 0 Å². The number of aryl methyl sites for hydroxylation is 1. The van der Waals surface area contributed by atoms with E-state index in [-0.39, 0.29) is 11.4 Å². The van der Waals surface area contributed by atoms with E-state index in [1.165, 1.54) is 10.9 Å². The first-order valence-electron chi connectivity index (χ1n) is 5.19. The number of amides is 1. The molecular formula is C10H8ClFN4O3S. The second-order valence-corrected chi connectivity index (χ2v) is 6.38. The first-order chi connectivity index (χ1) is 9.27. The molecule has 0 radical (unpaired) electrons. The molecule has 1 aromatic carbocycles. The molecule has 0 spiro atoms. The van der Waals surface area contributed by atoms with Crippen molar-refractivity contribution in [1.29, 1.82) is 0 Å². The molecule has 0 saturated heterocycles. The minimum absolute atomic E-state index is 0.000872. The Morgan fingerprint density at radius 2 is 2.15 bits per heavy atom. The molecule has 0 atom stereocenters. The van der Waals surface area contributed by atoms with Crippen molar-refractivity contribution in [3.05, 3.63) is 35.9 Å². The number of hydrogen-bond donors (Lipinski definition) is 1. The molecule has 1 aromatic heterocycles. The van der Waals surface area contributed by atoms with Gasteiger partial charge in [-0.05, 0) is 18.2 Å². The molecule has 1 heterocycles. The maximum Gasteiger partial charge on any atom is 0.277 e. The van der Waals surface area contributed by atoms with Crippen LogP contribution in [0.5, 0.6) is 0 Å². The largest absolute Gasteiger partial charge is 0.318 e. The van der Waals surface area contributed by atoms with Crippen molar-refractivity contribution in [2.45, 2.75) is 4.90 Å². The SMILES string of the molecule is Cn1cc(C(=O)Nc2ccc(S(=O)(=O)Cl)cc2F)nn1. The number of carbonyl (C=O) groups is 1. The summed E-state index contributed by atoms with van der Waals surface area (Å²) >= 11 is 0. The summed E-state index contributed by atoms with van der Waals surface area (Å²) in [6.45, 7) is 0. The first-order valence-corrected chi connectivity index (χ1v) is 7.50. The van der Waals surface area contributed by atoms with E-state index in [1.54, 1.807) is 7.05 Å². The quantitative estimate of drug-likeness (QED) is 0.856. The summed E-state index contributed by atoms with van der Waals surface area (Å²) in [5.41, 5.74) is -0.189. The van der Waals surface area contributed by atoms with Crippen LogP contribution in [0.15, 0.2) is 29.3 Å². The van der Waals surface area contributed by atoms with E-state index in [0.29, 0.717) is 6.07 Å². The van der Waals surface area contributed by atoms with Crippen molar-refractivity contribution in [2.75, 3.05) is 5.32 Å². The predicted molar refractivity (Wildman–Crippen MR) is 68.4 cm³/mol. The first kappa shape index (κ1) is 14.4. The van der Waals surface area contributed by atoms with Gasteiger partial charge in [0, 0.05) is 17.7 Å². The van der Waals surface area contributed by atoms with Crippen LogP contribution in [0.3, 0.4) is 0 Å². The molecular weight excluding hydrogens is 311 g/mol. The van der Waals surface area contributed by atoms with Crippen molar-refractivity contribution in [3.63, 3.8) is 0 Å². The lowest BCUT2D eigenvalue weighted by Crippen LogP contribution is -2.13. The van der Waals surface area contributed by atoms with E-state index < -0.39 is 25.7 Å². The van der Waals surface area contributed by atoms with Crippen LogP contribution < -0.4 is 5.32 Å². The number of rotatable bonds is 3. The zero-order valence-corrected chi connectivity index (χ0v) is 11.6. The fraction of sp³-hybridized carbons (Fsp3) is 0.100. The minimum Gasteiger partial charge on any atom is -0.318 e. The minimum atomic E-state index is -4.03. The molecule has 20 heavy (non-hydrogen) atoms. The summed E-state index contributed by atoms with van der Waals surface area (Å²) < 4.78 is 37.1. The van der Waals surface area contributed by atoms with Gasteiger partial charge in [-0.25, -0.2) is 12.8 Å². The smallest absolute Gasteiger partial charge is 0.277 e. The third kappa shape index (κ3) is 3.11. The highest BCUT2D eigenvalue weighted by Gasteiger charge is 2.16. The highest BCUT2D eigenvalue weighted by Crippen LogP contribution is 2.21. The van der Waals surface area contributed by atoms with Crippen molar-refractivity contribution >= 4 is 31.3 Å². The standard InChI is InChI=1S/C10H8ClFN4O3S/c1-16-5-9(14-15-16)10(17)13-8-3-2-6(4-7(8)12)20(11,18)19/h2-5H,1H3,(H,13,17). The molecule has 10 heteroatoms. The molecule has 0 saturated carbocycles. The van der Waals surface area contributed by atoms with Gasteiger partial charge in [-0.1, -0.05) is 5.21 Å². The van der Waals surface area contributed by atoms with E-state index in [9.17, 15) is 17.6 Å². The number of nitrogens with zero attached hydrogens (tertiary/aromatic N) is 3. The molecule has 0 aliphatic heterocycles. The fourth-order valence-corrected chi connectivity index (χ4v) is 2.15. The Labute approximate surface area is 117 Å². The van der Waals surface area contributed by atoms with Crippen molar-refractivity contribution in [3.8, 4) is 0 Å². The molecule has 2 rings (SSSR count). The highest BCUT2D eigenvalue weighted by molar-refractivity contribution is 8.13. The lowest BCUT2D eigenvalue weighted by Gasteiger charge is -2.05. The normalized spacial score (nSPS) is 11.3. The Bertz CT molecular complexity index is 775. The molecule has 1 N–H and O–H groups in total. The molecule has 0 aliphatic rings. The molecule has 0 aliphatic carbocycles. The van der Waals surface area contributed by atoms with E-state index in [1.807, 2.05) is 0 Å². The molecule has 7 nitrogen and oxygen atoms in total. The fourth-order valence-electron chi connectivity index (χ4n) is 1.39. The van der Waals surface area contributed by atoms with Crippen molar-refractivity contribution in [2.24, 2.45) is 7.05 Å². The van der Waals surface area contributed by atoms with Gasteiger partial charge in [-0.2, -0.15) is 0 Å². The Hall–Kier alpha value is -2.00. The van der Waals surface area contributed by atoms with Crippen LogP contribution in [0.1, 0.15) is 10.5 Å². The average Bonchev–Trinajstić information content (AvgIpc) is 2.77. The van der Waals surface area contributed by atoms with Gasteiger partial charge < -0.3 is 5.32 Å². The van der Waals surface area contributed by atoms with Gasteiger partial charge in [0.25, 0.3) is 15.0 Å². The molecule has 0 fully saturated rings. The van der Waals surface area contributed by atoms with Crippen LogP contribution in [0.4, 0.5) is 10.1 Å². The topological polar surface area (TPSA) is 94.0 Å². The summed E-state index contributed by atoms with van der Waals surface area (Å²) in [5, 5.41) is 9.37. The van der Waals surface area contributed by atoms with Crippen LogP contribution in [0.2, 0.25) is 0 Å². The monoisotopic (exact) mass is 318 g/mol. The van der Waals surface area contributed by atoms with Gasteiger partial charge in [0.2, 0.25) is 0 Å². The number of hydrogen-bond acceptors (Lipinski definition) is 5. The van der Waals surface area contributed by atoms with E-state index in [0.717, 1.165) is 12.1 Å². The molecule has 0 bridgehead atoms. The number of aromatic nitrogens is 3. The number of halogens is 2.